The fourth-order valence-corrected chi connectivity index (χ4v) is 3.51. The number of hydrogen-bond donors (Lipinski definition) is 1. The van der Waals surface area contributed by atoms with Crippen LogP contribution in [0.1, 0.15) is 62.5 Å². The Morgan fingerprint density at radius 1 is 1.17 bits per heavy atom. The molecule has 1 aromatic carbocycles. The first-order chi connectivity index (χ1) is 14.4. The second-order valence-electron chi connectivity index (χ2n) is 6.68. The Bertz CT molecular complexity index is 1010. The molecule has 2 aromatic rings. The fourth-order valence-electron chi connectivity index (χ4n) is 3.51. The molecule has 0 bridgehead atoms. The molecule has 1 amide bonds. The molecule has 1 aliphatic carbocycles. The molecular formula is C21H23N3O6. The quantitative estimate of drug-likeness (QED) is 0.684. The van der Waals surface area contributed by atoms with Crippen molar-refractivity contribution in [2.75, 3.05) is 20.3 Å². The van der Waals surface area contributed by atoms with Gasteiger partial charge in [0, 0.05) is 25.2 Å². The summed E-state index contributed by atoms with van der Waals surface area (Å²) >= 11 is 0. The van der Waals surface area contributed by atoms with Crippen molar-refractivity contribution in [3.8, 4) is 0 Å². The number of nitrogens with one attached hydrogen (secondary N) is 1. The minimum absolute atomic E-state index is 0.0748. The van der Waals surface area contributed by atoms with E-state index in [2.05, 4.69) is 10.3 Å². The predicted octanol–water partition coefficient (Wildman–Crippen LogP) is 1.51. The molecule has 1 heterocycles. The van der Waals surface area contributed by atoms with Crippen molar-refractivity contribution in [1.82, 2.24) is 14.9 Å². The first kappa shape index (κ1) is 21.2. The van der Waals surface area contributed by atoms with Gasteiger partial charge >= 0.3 is 11.9 Å². The molecule has 0 saturated carbocycles. The Balaban J connectivity index is 2.01. The number of benzene rings is 1. The summed E-state index contributed by atoms with van der Waals surface area (Å²) in [6.45, 7) is 3.58. The highest BCUT2D eigenvalue weighted by atomic mass is 16.5. The lowest BCUT2D eigenvalue weighted by Crippen LogP contribution is -2.21. The summed E-state index contributed by atoms with van der Waals surface area (Å²) in [5.41, 5.74) is 1.90. The van der Waals surface area contributed by atoms with E-state index in [9.17, 15) is 19.2 Å². The third kappa shape index (κ3) is 3.96. The van der Waals surface area contributed by atoms with Crippen LogP contribution in [0.2, 0.25) is 0 Å². The average Bonchev–Trinajstić information content (AvgIpc) is 3.31. The van der Waals surface area contributed by atoms with E-state index in [0.717, 1.165) is 11.1 Å². The zero-order valence-electron chi connectivity index (χ0n) is 17.1. The smallest absolute Gasteiger partial charge is 0.374 e. The molecule has 0 radical (unpaired) electrons. The van der Waals surface area contributed by atoms with Crippen molar-refractivity contribution in [3.63, 3.8) is 0 Å². The third-order valence-corrected chi connectivity index (χ3v) is 4.88. The highest BCUT2D eigenvalue weighted by Crippen LogP contribution is 2.34. The number of imidazole rings is 1. The van der Waals surface area contributed by atoms with Gasteiger partial charge in [0.05, 0.1) is 19.6 Å². The number of aromatic nitrogens is 2. The number of carbonyl (C=O) groups excluding carboxylic acids is 4. The lowest BCUT2D eigenvalue weighted by molar-refractivity contribution is -0.119. The zero-order chi connectivity index (χ0) is 21.8. The van der Waals surface area contributed by atoms with Crippen LogP contribution >= 0.6 is 0 Å². The Labute approximate surface area is 173 Å². The Kier molecular flexibility index (Phi) is 6.29. The van der Waals surface area contributed by atoms with Crippen molar-refractivity contribution in [2.24, 2.45) is 0 Å². The van der Waals surface area contributed by atoms with Gasteiger partial charge in [-0.05, 0) is 25.0 Å². The van der Waals surface area contributed by atoms with Gasteiger partial charge in [0.2, 0.25) is 11.7 Å². The number of carbonyl (C=O) groups is 4. The highest BCUT2D eigenvalue weighted by molar-refractivity contribution is 6.04. The molecule has 1 aliphatic rings. The van der Waals surface area contributed by atoms with E-state index in [1.165, 1.54) is 10.8 Å². The maximum atomic E-state index is 13.1. The number of likely N-dealkylation sites (N-methyl/N-ethyl adjacent to an activating group) is 1. The maximum Gasteiger partial charge on any atom is 0.374 e. The first-order valence-corrected chi connectivity index (χ1v) is 9.69. The van der Waals surface area contributed by atoms with Gasteiger partial charge in [-0.25, -0.2) is 14.6 Å². The molecule has 0 fully saturated rings. The number of rotatable bonds is 7. The van der Waals surface area contributed by atoms with Crippen LogP contribution in [0.5, 0.6) is 0 Å². The van der Waals surface area contributed by atoms with Crippen LogP contribution in [-0.2, 0) is 27.1 Å². The van der Waals surface area contributed by atoms with Crippen LogP contribution < -0.4 is 5.32 Å². The Morgan fingerprint density at radius 3 is 2.53 bits per heavy atom. The Morgan fingerprint density at radius 2 is 1.87 bits per heavy atom. The third-order valence-electron chi connectivity index (χ3n) is 4.88. The summed E-state index contributed by atoms with van der Waals surface area (Å²) in [7, 11) is 1.55. The van der Waals surface area contributed by atoms with Crippen molar-refractivity contribution in [2.45, 2.75) is 32.7 Å². The predicted molar refractivity (Wildman–Crippen MR) is 105 cm³/mol. The van der Waals surface area contributed by atoms with Crippen LogP contribution in [-0.4, -0.2) is 53.4 Å². The summed E-state index contributed by atoms with van der Waals surface area (Å²) in [5, 5.41) is 2.57. The van der Waals surface area contributed by atoms with Gasteiger partial charge in [-0.3, -0.25) is 9.59 Å². The molecule has 1 unspecified atom stereocenters. The van der Waals surface area contributed by atoms with E-state index < -0.39 is 18.0 Å². The Hall–Kier alpha value is -3.49. The van der Waals surface area contributed by atoms with Gasteiger partial charge in [0.1, 0.15) is 6.04 Å². The minimum atomic E-state index is -0.777. The first-order valence-electron chi connectivity index (χ1n) is 9.69. The number of nitrogens with zero attached hydrogens (tertiary/aromatic N) is 2. The monoisotopic (exact) mass is 413 g/mol. The van der Waals surface area contributed by atoms with Gasteiger partial charge in [-0.15, -0.1) is 0 Å². The van der Waals surface area contributed by atoms with Crippen molar-refractivity contribution < 1.29 is 28.7 Å². The number of hydrogen-bond acceptors (Lipinski definition) is 7. The van der Waals surface area contributed by atoms with Gasteiger partial charge in [-0.2, -0.15) is 0 Å². The average molecular weight is 413 g/mol. The van der Waals surface area contributed by atoms with E-state index >= 15 is 0 Å². The molecule has 1 atom stereocenters. The highest BCUT2D eigenvalue weighted by Gasteiger charge is 2.37. The molecule has 1 N–H and O–H groups in total. The van der Waals surface area contributed by atoms with Crippen LogP contribution in [0.3, 0.4) is 0 Å². The number of ketones is 1. The van der Waals surface area contributed by atoms with Gasteiger partial charge < -0.3 is 19.4 Å². The topological polar surface area (TPSA) is 117 Å². The number of fused-ring (bicyclic) bond motifs is 1. The number of esters is 2. The van der Waals surface area contributed by atoms with Gasteiger partial charge in [0.15, 0.2) is 11.5 Å². The lowest BCUT2D eigenvalue weighted by Gasteiger charge is -2.13. The maximum absolute atomic E-state index is 13.1. The van der Waals surface area contributed by atoms with Crippen LogP contribution in [0.25, 0.3) is 0 Å². The summed E-state index contributed by atoms with van der Waals surface area (Å²) in [6, 6.07) is 4.44. The molecule has 1 aromatic heterocycles. The van der Waals surface area contributed by atoms with Crippen molar-refractivity contribution in [1.29, 1.82) is 0 Å². The summed E-state index contributed by atoms with van der Waals surface area (Å²) in [6.07, 6.45) is 1.76. The van der Waals surface area contributed by atoms with Crippen LogP contribution in [0.15, 0.2) is 24.4 Å². The molecular weight excluding hydrogens is 390 g/mol. The van der Waals surface area contributed by atoms with Crippen molar-refractivity contribution in [3.05, 3.63) is 52.6 Å². The second-order valence-corrected chi connectivity index (χ2v) is 6.68. The number of amides is 1. The largest absolute Gasteiger partial charge is 0.461 e. The summed E-state index contributed by atoms with van der Waals surface area (Å²) < 4.78 is 11.4. The SMILES string of the molecule is CCOC(=O)c1cn(C2Cc3c(CC(=O)NC)cccc3C2=O)c(C(=O)OCC)n1. The number of Topliss-reactive ketones (excluding diaryl/α,β-unsaturated/α-hetero) is 1. The molecule has 3 rings (SSSR count). The number of ether oxygens (including phenoxy) is 2. The molecule has 0 spiro atoms. The van der Waals surface area contributed by atoms with E-state index in [1.807, 2.05) is 0 Å². The molecule has 30 heavy (non-hydrogen) atoms. The summed E-state index contributed by atoms with van der Waals surface area (Å²) in [5.74, 6) is -1.95. The molecule has 9 heteroatoms. The molecule has 9 nitrogen and oxygen atoms in total. The van der Waals surface area contributed by atoms with Crippen molar-refractivity contribution >= 4 is 23.6 Å². The van der Waals surface area contributed by atoms with Crippen LogP contribution in [0, 0.1) is 0 Å². The van der Waals surface area contributed by atoms with Crippen LogP contribution in [0.4, 0.5) is 0 Å². The molecule has 0 aliphatic heterocycles. The lowest BCUT2D eigenvalue weighted by atomic mass is 10.0. The molecule has 158 valence electrons. The second kappa shape index (κ2) is 8.89. The minimum Gasteiger partial charge on any atom is -0.461 e. The van der Waals surface area contributed by atoms with Gasteiger partial charge in [0.25, 0.3) is 0 Å². The van der Waals surface area contributed by atoms with Gasteiger partial charge in [-0.1, -0.05) is 18.2 Å². The standard InChI is InChI=1S/C21H23N3O6/c1-4-29-20(27)15-11-24(19(23-15)21(28)30-5-2)16-10-14-12(9-17(25)22-3)7-6-8-13(14)18(16)26/h6-8,11,16H,4-5,9-10H2,1-3H3,(H,22,25). The van der Waals surface area contributed by atoms with E-state index in [-0.39, 0.29) is 49.3 Å². The fraction of sp³-hybridized carbons (Fsp3) is 0.381. The molecule has 0 saturated heterocycles. The van der Waals surface area contributed by atoms with E-state index in [0.29, 0.717) is 5.56 Å². The van der Waals surface area contributed by atoms with E-state index in [4.69, 9.17) is 9.47 Å². The summed E-state index contributed by atoms with van der Waals surface area (Å²) in [4.78, 5) is 53.6. The van der Waals surface area contributed by atoms with E-state index in [1.54, 1.807) is 39.1 Å². The normalized spacial score (nSPS) is 14.9. The zero-order valence-corrected chi connectivity index (χ0v) is 17.1.